The molecule has 0 fully saturated rings. The molecule has 0 aliphatic rings. The number of carboxylic acid groups (broad SMARTS) is 1. The monoisotopic (exact) mass is 535 g/mol. The summed E-state index contributed by atoms with van der Waals surface area (Å²) in [6, 6.07) is 34.5. The Balaban J connectivity index is 1.31. The van der Waals surface area contributed by atoms with E-state index in [1.807, 2.05) is 24.3 Å². The smallest absolute Gasteiger partial charge is 0.327 e. The lowest BCUT2D eigenvalue weighted by Gasteiger charge is -2.12. The molecular weight excluding hydrogens is 506 g/mol. The number of carbonyl (C=O) groups is 2. The summed E-state index contributed by atoms with van der Waals surface area (Å²) >= 11 is 1.49. The third-order valence-corrected chi connectivity index (χ3v) is 7.67. The van der Waals surface area contributed by atoms with Crippen molar-refractivity contribution in [1.29, 1.82) is 0 Å². The van der Waals surface area contributed by atoms with Gasteiger partial charge in [-0.3, -0.25) is 4.79 Å². The second-order valence-corrected chi connectivity index (χ2v) is 10.5. The van der Waals surface area contributed by atoms with E-state index in [0.717, 1.165) is 51.0 Å². The first-order valence-electron chi connectivity index (χ1n) is 12.8. The Hall–Kier alpha value is -4.29. The van der Waals surface area contributed by atoms with Gasteiger partial charge in [0.15, 0.2) is 0 Å². The molecule has 1 heterocycles. The molecule has 0 saturated heterocycles. The Morgan fingerprint density at radius 3 is 2.08 bits per heavy atom. The molecule has 4 aromatic carbocycles. The second-order valence-electron chi connectivity index (χ2n) is 9.44. The number of aliphatic carboxylic acids is 1. The third kappa shape index (κ3) is 6.41. The standard InChI is InChI=1S/C33H29NO4S/c1-22(35)34-29(33(36)37)21-39-20-24-11-13-25(14-12-24)26-15-17-27(18-16-26)32-28-9-5-6-10-30(28)38-31(32)19-23-7-3-2-4-8-23/h2-18,29H,19-21H2,1H3,(H,34,35)(H,36,37). The Bertz CT molecular complexity index is 1570. The summed E-state index contributed by atoms with van der Waals surface area (Å²) in [7, 11) is 0. The van der Waals surface area contributed by atoms with Crippen LogP contribution in [0.3, 0.4) is 0 Å². The number of hydrogen-bond donors (Lipinski definition) is 2. The van der Waals surface area contributed by atoms with Crippen LogP contribution >= 0.6 is 11.8 Å². The molecule has 0 aliphatic heterocycles. The molecule has 39 heavy (non-hydrogen) atoms. The van der Waals surface area contributed by atoms with Gasteiger partial charge >= 0.3 is 5.97 Å². The van der Waals surface area contributed by atoms with Gasteiger partial charge in [-0.2, -0.15) is 11.8 Å². The van der Waals surface area contributed by atoms with Crippen molar-refractivity contribution in [1.82, 2.24) is 5.32 Å². The molecule has 5 rings (SSSR count). The molecule has 5 aromatic rings. The first-order chi connectivity index (χ1) is 19.0. The van der Waals surface area contributed by atoms with Crippen LogP contribution < -0.4 is 5.32 Å². The van der Waals surface area contributed by atoms with Gasteiger partial charge < -0.3 is 14.8 Å². The minimum absolute atomic E-state index is 0.313. The van der Waals surface area contributed by atoms with Crippen LogP contribution in [0.5, 0.6) is 0 Å². The molecule has 5 nitrogen and oxygen atoms in total. The molecule has 0 saturated carbocycles. The molecule has 1 amide bonds. The lowest BCUT2D eigenvalue weighted by molar-refractivity contribution is -0.140. The maximum absolute atomic E-state index is 11.3. The quantitative estimate of drug-likeness (QED) is 0.198. The van der Waals surface area contributed by atoms with Gasteiger partial charge in [-0.1, -0.05) is 97.1 Å². The number of nitrogens with one attached hydrogen (secondary N) is 1. The number of thioether (sulfide) groups is 1. The Morgan fingerprint density at radius 2 is 1.41 bits per heavy atom. The molecule has 1 unspecified atom stereocenters. The molecule has 1 aromatic heterocycles. The molecule has 0 spiro atoms. The highest BCUT2D eigenvalue weighted by Crippen LogP contribution is 2.37. The number of carbonyl (C=O) groups excluding carboxylic acids is 1. The molecule has 6 heteroatoms. The number of benzene rings is 4. The van der Waals surface area contributed by atoms with Crippen LogP contribution in [-0.4, -0.2) is 28.8 Å². The first kappa shape index (κ1) is 26.3. The lowest BCUT2D eigenvalue weighted by atomic mass is 9.96. The van der Waals surface area contributed by atoms with Gasteiger partial charge in [-0.25, -0.2) is 4.79 Å². The summed E-state index contributed by atoms with van der Waals surface area (Å²) in [6.07, 6.45) is 0.726. The number of furan rings is 1. The molecule has 0 radical (unpaired) electrons. The van der Waals surface area contributed by atoms with E-state index >= 15 is 0 Å². The van der Waals surface area contributed by atoms with Gasteiger partial charge in [-0.05, 0) is 33.9 Å². The first-order valence-corrected chi connectivity index (χ1v) is 13.9. The zero-order valence-corrected chi connectivity index (χ0v) is 22.4. The molecule has 196 valence electrons. The van der Waals surface area contributed by atoms with Crippen molar-refractivity contribution >= 4 is 34.6 Å². The lowest BCUT2D eigenvalue weighted by Crippen LogP contribution is -2.41. The van der Waals surface area contributed by atoms with Crippen molar-refractivity contribution in [2.75, 3.05) is 5.75 Å². The molecule has 2 N–H and O–H groups in total. The fourth-order valence-electron chi connectivity index (χ4n) is 4.66. The van der Waals surface area contributed by atoms with Gasteiger partial charge in [0.25, 0.3) is 0 Å². The van der Waals surface area contributed by atoms with E-state index in [4.69, 9.17) is 4.42 Å². The SMILES string of the molecule is CC(=O)NC(CSCc1ccc(-c2ccc(-c3c(Cc4ccccc4)oc4ccccc34)cc2)cc1)C(=O)O. The van der Waals surface area contributed by atoms with E-state index < -0.39 is 12.0 Å². The fourth-order valence-corrected chi connectivity index (χ4v) is 5.66. The van der Waals surface area contributed by atoms with E-state index in [1.165, 1.54) is 24.2 Å². The van der Waals surface area contributed by atoms with Crippen LogP contribution in [0.25, 0.3) is 33.2 Å². The number of rotatable bonds is 10. The van der Waals surface area contributed by atoms with Gasteiger partial charge in [0.05, 0.1) is 0 Å². The third-order valence-electron chi connectivity index (χ3n) is 6.57. The highest BCUT2D eigenvalue weighted by molar-refractivity contribution is 7.98. The van der Waals surface area contributed by atoms with Crippen LogP contribution in [0.15, 0.2) is 108 Å². The molecule has 0 aliphatic carbocycles. The zero-order valence-electron chi connectivity index (χ0n) is 21.6. The van der Waals surface area contributed by atoms with E-state index in [-0.39, 0.29) is 5.91 Å². The average Bonchev–Trinajstić information content (AvgIpc) is 3.31. The summed E-state index contributed by atoms with van der Waals surface area (Å²) in [5.41, 5.74) is 7.68. The Morgan fingerprint density at radius 1 is 0.795 bits per heavy atom. The zero-order chi connectivity index (χ0) is 27.2. The van der Waals surface area contributed by atoms with E-state index in [9.17, 15) is 14.7 Å². The summed E-state index contributed by atoms with van der Waals surface area (Å²) in [6.45, 7) is 1.33. The predicted octanol–water partition coefficient (Wildman–Crippen LogP) is 7.18. The number of hydrogen-bond acceptors (Lipinski definition) is 4. The minimum atomic E-state index is -1.02. The van der Waals surface area contributed by atoms with Crippen LogP contribution in [0.1, 0.15) is 23.8 Å². The highest BCUT2D eigenvalue weighted by Gasteiger charge is 2.18. The van der Waals surface area contributed by atoms with Crippen LogP contribution in [0.2, 0.25) is 0 Å². The Kier molecular flexibility index (Phi) is 8.13. The maximum Gasteiger partial charge on any atom is 0.327 e. The summed E-state index contributed by atoms with van der Waals surface area (Å²) < 4.78 is 6.31. The van der Waals surface area contributed by atoms with Crippen molar-refractivity contribution in [3.05, 3.63) is 120 Å². The van der Waals surface area contributed by atoms with E-state index in [2.05, 4.69) is 84.2 Å². The number of amides is 1. The van der Waals surface area contributed by atoms with Crippen LogP contribution in [0.4, 0.5) is 0 Å². The van der Waals surface area contributed by atoms with E-state index in [0.29, 0.717) is 11.5 Å². The van der Waals surface area contributed by atoms with Gasteiger partial charge in [-0.15, -0.1) is 0 Å². The largest absolute Gasteiger partial charge is 0.480 e. The molecule has 0 bridgehead atoms. The van der Waals surface area contributed by atoms with Gasteiger partial charge in [0, 0.05) is 35.8 Å². The topological polar surface area (TPSA) is 79.5 Å². The van der Waals surface area contributed by atoms with Crippen molar-refractivity contribution in [2.45, 2.75) is 25.1 Å². The second kappa shape index (κ2) is 12.0. The van der Waals surface area contributed by atoms with Crippen molar-refractivity contribution in [3.8, 4) is 22.3 Å². The normalized spacial score (nSPS) is 11.8. The summed E-state index contributed by atoms with van der Waals surface area (Å²) in [5.74, 6) is 0.576. The minimum Gasteiger partial charge on any atom is -0.480 e. The van der Waals surface area contributed by atoms with Crippen molar-refractivity contribution in [3.63, 3.8) is 0 Å². The van der Waals surface area contributed by atoms with Crippen LogP contribution in [-0.2, 0) is 21.8 Å². The predicted molar refractivity (Wildman–Crippen MR) is 158 cm³/mol. The van der Waals surface area contributed by atoms with Crippen molar-refractivity contribution in [2.24, 2.45) is 0 Å². The maximum atomic E-state index is 11.3. The van der Waals surface area contributed by atoms with Crippen molar-refractivity contribution < 1.29 is 19.1 Å². The number of para-hydroxylation sites is 1. The van der Waals surface area contributed by atoms with E-state index in [1.54, 1.807) is 0 Å². The number of fused-ring (bicyclic) bond motifs is 1. The highest BCUT2D eigenvalue weighted by atomic mass is 32.2. The van der Waals surface area contributed by atoms with Gasteiger partial charge in [0.2, 0.25) is 5.91 Å². The summed E-state index contributed by atoms with van der Waals surface area (Å²) in [4.78, 5) is 22.5. The van der Waals surface area contributed by atoms with Crippen LogP contribution in [0, 0.1) is 0 Å². The fraction of sp³-hybridized carbons (Fsp3) is 0.152. The molecular formula is C33H29NO4S. The van der Waals surface area contributed by atoms with Gasteiger partial charge in [0.1, 0.15) is 17.4 Å². The number of carboxylic acids is 1. The summed E-state index contributed by atoms with van der Waals surface area (Å²) in [5, 5.41) is 12.8. The Labute approximate surface area is 231 Å². The average molecular weight is 536 g/mol. The molecule has 1 atom stereocenters.